The summed E-state index contributed by atoms with van der Waals surface area (Å²) in [6.45, 7) is 0. The number of benzene rings is 1. The quantitative estimate of drug-likeness (QED) is 0.779. The third-order valence-corrected chi connectivity index (χ3v) is 3.87. The van der Waals surface area contributed by atoms with Gasteiger partial charge in [-0.2, -0.15) is 0 Å². The van der Waals surface area contributed by atoms with Gasteiger partial charge in [0.1, 0.15) is 5.82 Å². The number of nitrogens with one attached hydrogen (secondary N) is 1. The van der Waals surface area contributed by atoms with Crippen LogP contribution in [0.2, 0.25) is 4.34 Å². The number of rotatable bonds is 2. The molecule has 2 heterocycles. The van der Waals surface area contributed by atoms with E-state index in [0.717, 1.165) is 10.4 Å². The van der Waals surface area contributed by atoms with Gasteiger partial charge < -0.3 is 4.98 Å². The van der Waals surface area contributed by atoms with Crippen LogP contribution in [0.25, 0.3) is 22.0 Å². The molecule has 2 aromatic heterocycles. The predicted molar refractivity (Wildman–Crippen MR) is 78.6 cm³/mol. The molecule has 0 fully saturated rings. The van der Waals surface area contributed by atoms with E-state index in [9.17, 15) is 4.79 Å². The van der Waals surface area contributed by atoms with Gasteiger partial charge in [0, 0.05) is 11.6 Å². The summed E-state index contributed by atoms with van der Waals surface area (Å²) in [5.41, 5.74) is 1.34. The van der Waals surface area contributed by atoms with Gasteiger partial charge in [0.15, 0.2) is 0 Å². The van der Waals surface area contributed by atoms with Gasteiger partial charge in [0.05, 0.1) is 14.9 Å². The second-order valence-electron chi connectivity index (χ2n) is 3.95. The maximum atomic E-state index is 11.7. The third-order valence-electron chi connectivity index (χ3n) is 2.61. The summed E-state index contributed by atoms with van der Waals surface area (Å²) in [7, 11) is 0. The third kappa shape index (κ3) is 2.59. The van der Waals surface area contributed by atoms with E-state index in [1.54, 1.807) is 6.07 Å². The summed E-state index contributed by atoms with van der Waals surface area (Å²) in [6, 6.07) is 14.7. The average Bonchev–Trinajstić information content (AvgIpc) is 2.86. The van der Waals surface area contributed by atoms with Gasteiger partial charge in [0.2, 0.25) is 0 Å². The lowest BCUT2D eigenvalue weighted by molar-refractivity contribution is 1.14. The molecule has 3 nitrogen and oxygen atoms in total. The minimum absolute atomic E-state index is 0.173. The molecule has 0 bridgehead atoms. The Balaban J connectivity index is 2.14. The van der Waals surface area contributed by atoms with Gasteiger partial charge in [0.25, 0.3) is 5.56 Å². The van der Waals surface area contributed by atoms with E-state index in [1.807, 2.05) is 36.4 Å². The van der Waals surface area contributed by atoms with Crippen LogP contribution in [-0.4, -0.2) is 9.97 Å². The number of H-pyrrole nitrogens is 1. The lowest BCUT2D eigenvalue weighted by atomic mass is 10.2. The number of halogens is 1. The van der Waals surface area contributed by atoms with Crippen molar-refractivity contribution < 1.29 is 0 Å². The van der Waals surface area contributed by atoms with Crippen LogP contribution in [-0.2, 0) is 0 Å². The lowest BCUT2D eigenvalue weighted by Crippen LogP contribution is -2.08. The standard InChI is InChI=1S/C14H9ClN2OS/c15-12-7-6-11(19-12)10-8-13(18)17-14(16-10)9-4-2-1-3-5-9/h1-8H,(H,16,17,18). The summed E-state index contributed by atoms with van der Waals surface area (Å²) >= 11 is 7.32. The molecule has 0 saturated heterocycles. The Morgan fingerprint density at radius 2 is 1.89 bits per heavy atom. The van der Waals surface area contributed by atoms with Crippen LogP contribution in [0.15, 0.2) is 53.3 Å². The minimum atomic E-state index is -0.173. The van der Waals surface area contributed by atoms with Gasteiger partial charge in [-0.1, -0.05) is 41.9 Å². The molecule has 0 atom stereocenters. The van der Waals surface area contributed by atoms with Crippen LogP contribution in [0.1, 0.15) is 0 Å². The van der Waals surface area contributed by atoms with Gasteiger partial charge in [-0.05, 0) is 12.1 Å². The number of aromatic nitrogens is 2. The lowest BCUT2D eigenvalue weighted by Gasteiger charge is -2.02. The van der Waals surface area contributed by atoms with E-state index >= 15 is 0 Å². The minimum Gasteiger partial charge on any atom is -0.306 e. The number of hydrogen-bond donors (Lipinski definition) is 1. The van der Waals surface area contributed by atoms with Gasteiger partial charge in [-0.25, -0.2) is 4.98 Å². The molecule has 0 unspecified atom stereocenters. The fourth-order valence-corrected chi connectivity index (χ4v) is 2.77. The van der Waals surface area contributed by atoms with Crippen molar-refractivity contribution in [1.82, 2.24) is 9.97 Å². The van der Waals surface area contributed by atoms with E-state index in [-0.39, 0.29) is 5.56 Å². The topological polar surface area (TPSA) is 45.8 Å². The van der Waals surface area contributed by atoms with E-state index in [2.05, 4.69) is 9.97 Å². The van der Waals surface area contributed by atoms with Gasteiger partial charge >= 0.3 is 0 Å². The van der Waals surface area contributed by atoms with E-state index < -0.39 is 0 Å². The van der Waals surface area contributed by atoms with Gasteiger partial charge in [-0.3, -0.25) is 4.79 Å². The Hall–Kier alpha value is -1.91. The normalized spacial score (nSPS) is 10.6. The molecule has 0 aliphatic heterocycles. The van der Waals surface area contributed by atoms with Crippen LogP contribution in [0.3, 0.4) is 0 Å². The van der Waals surface area contributed by atoms with Crippen molar-refractivity contribution >= 4 is 22.9 Å². The Labute approximate surface area is 118 Å². The van der Waals surface area contributed by atoms with Crippen LogP contribution < -0.4 is 5.56 Å². The van der Waals surface area contributed by atoms with Crippen molar-refractivity contribution in [3.63, 3.8) is 0 Å². The average molecular weight is 289 g/mol. The van der Waals surface area contributed by atoms with E-state index in [0.29, 0.717) is 15.9 Å². The van der Waals surface area contributed by atoms with Crippen LogP contribution >= 0.6 is 22.9 Å². The molecule has 0 aliphatic carbocycles. The highest BCUT2D eigenvalue weighted by Crippen LogP contribution is 2.29. The smallest absolute Gasteiger partial charge is 0.251 e. The zero-order chi connectivity index (χ0) is 13.2. The monoisotopic (exact) mass is 288 g/mol. The Bertz CT molecular complexity index is 764. The maximum absolute atomic E-state index is 11.7. The SMILES string of the molecule is O=c1cc(-c2ccc(Cl)s2)nc(-c2ccccc2)[nH]1. The van der Waals surface area contributed by atoms with Crippen LogP contribution in [0, 0.1) is 0 Å². The zero-order valence-corrected chi connectivity index (χ0v) is 11.3. The number of hydrogen-bond acceptors (Lipinski definition) is 3. The molecule has 3 rings (SSSR count). The molecule has 3 aromatic rings. The van der Waals surface area contributed by atoms with Crippen molar-refractivity contribution in [2.24, 2.45) is 0 Å². The maximum Gasteiger partial charge on any atom is 0.251 e. The second-order valence-corrected chi connectivity index (χ2v) is 5.66. The number of thiophene rings is 1. The van der Waals surface area contributed by atoms with Crippen molar-refractivity contribution in [3.8, 4) is 22.0 Å². The molecule has 5 heteroatoms. The fraction of sp³-hybridized carbons (Fsp3) is 0. The molecule has 0 amide bonds. The summed E-state index contributed by atoms with van der Waals surface area (Å²) in [6.07, 6.45) is 0. The predicted octanol–water partition coefficient (Wildman–Crippen LogP) is 3.82. The highest BCUT2D eigenvalue weighted by Gasteiger charge is 2.07. The molecule has 19 heavy (non-hydrogen) atoms. The molecule has 1 N–H and O–H groups in total. The molecular weight excluding hydrogens is 280 g/mol. The number of aromatic amines is 1. The Morgan fingerprint density at radius 3 is 2.58 bits per heavy atom. The van der Waals surface area contributed by atoms with Crippen molar-refractivity contribution in [2.45, 2.75) is 0 Å². The first-order chi connectivity index (χ1) is 9.22. The molecule has 0 radical (unpaired) electrons. The first-order valence-corrected chi connectivity index (χ1v) is 6.84. The molecule has 1 aromatic carbocycles. The van der Waals surface area contributed by atoms with Crippen LogP contribution in [0.5, 0.6) is 0 Å². The molecule has 94 valence electrons. The highest BCUT2D eigenvalue weighted by atomic mass is 35.5. The van der Waals surface area contributed by atoms with Crippen molar-refractivity contribution in [1.29, 1.82) is 0 Å². The van der Waals surface area contributed by atoms with Crippen molar-refractivity contribution in [2.75, 3.05) is 0 Å². The Kier molecular flexibility index (Phi) is 3.19. The summed E-state index contributed by atoms with van der Waals surface area (Å²) < 4.78 is 0.679. The zero-order valence-electron chi connectivity index (χ0n) is 9.76. The fourth-order valence-electron chi connectivity index (χ4n) is 1.77. The molecular formula is C14H9ClN2OS. The number of nitrogens with zero attached hydrogens (tertiary/aromatic N) is 1. The molecule has 0 aliphatic rings. The summed E-state index contributed by atoms with van der Waals surface area (Å²) in [5.74, 6) is 0.563. The van der Waals surface area contributed by atoms with E-state index in [1.165, 1.54) is 17.4 Å². The summed E-state index contributed by atoms with van der Waals surface area (Å²) in [4.78, 5) is 19.9. The highest BCUT2D eigenvalue weighted by molar-refractivity contribution is 7.19. The summed E-state index contributed by atoms with van der Waals surface area (Å²) in [5, 5.41) is 0. The van der Waals surface area contributed by atoms with Crippen LogP contribution in [0.4, 0.5) is 0 Å². The van der Waals surface area contributed by atoms with Crippen molar-refractivity contribution in [3.05, 3.63) is 63.2 Å². The second kappa shape index (κ2) is 4.99. The molecule has 0 saturated carbocycles. The molecule has 0 spiro atoms. The Morgan fingerprint density at radius 1 is 1.11 bits per heavy atom. The van der Waals surface area contributed by atoms with E-state index in [4.69, 9.17) is 11.6 Å². The van der Waals surface area contributed by atoms with Gasteiger partial charge in [-0.15, -0.1) is 11.3 Å². The first-order valence-electron chi connectivity index (χ1n) is 5.65. The first kappa shape index (κ1) is 12.1. The largest absolute Gasteiger partial charge is 0.306 e.